The van der Waals surface area contributed by atoms with Gasteiger partial charge in [0.2, 0.25) is 0 Å². The summed E-state index contributed by atoms with van der Waals surface area (Å²) in [5.41, 5.74) is 4.23. The van der Waals surface area contributed by atoms with Crippen molar-refractivity contribution in [2.75, 3.05) is 0 Å². The van der Waals surface area contributed by atoms with Crippen molar-refractivity contribution < 1.29 is 5.11 Å². The lowest BCUT2D eigenvalue weighted by Gasteiger charge is -2.11. The number of benzene rings is 1. The van der Waals surface area contributed by atoms with Gasteiger partial charge in [0, 0.05) is 0 Å². The Morgan fingerprint density at radius 3 is 2.63 bits per heavy atom. The Kier molecular flexibility index (Phi) is 4.32. The van der Waals surface area contributed by atoms with Gasteiger partial charge in [0.1, 0.15) is 5.69 Å². The Morgan fingerprint density at radius 2 is 2.00 bits per heavy atom. The fourth-order valence-electron chi connectivity index (χ4n) is 2.18. The highest BCUT2D eigenvalue weighted by molar-refractivity contribution is 5.26. The van der Waals surface area contributed by atoms with Crippen LogP contribution in [0.1, 0.15) is 36.4 Å². The molecule has 0 unspecified atom stereocenters. The normalized spacial score (nSPS) is 11.2. The summed E-state index contributed by atoms with van der Waals surface area (Å²) in [6, 6.07) is 8.28. The monoisotopic (exact) mass is 259 g/mol. The maximum atomic E-state index is 9.35. The van der Waals surface area contributed by atoms with E-state index in [-0.39, 0.29) is 6.61 Å². The van der Waals surface area contributed by atoms with E-state index < -0.39 is 0 Å². The topological polar surface area (TPSA) is 50.9 Å². The third-order valence-electron chi connectivity index (χ3n) is 3.25. The summed E-state index contributed by atoms with van der Waals surface area (Å²) >= 11 is 0. The van der Waals surface area contributed by atoms with E-state index in [2.05, 4.69) is 43.2 Å². The van der Waals surface area contributed by atoms with Crippen LogP contribution in [0.2, 0.25) is 0 Å². The number of aromatic nitrogens is 3. The number of aryl methyl sites for hydroxylation is 1. The molecule has 19 heavy (non-hydrogen) atoms. The minimum Gasteiger partial charge on any atom is -0.390 e. The molecule has 102 valence electrons. The molecular formula is C15H21N3O. The molecule has 2 aromatic rings. The summed E-state index contributed by atoms with van der Waals surface area (Å²) in [6.45, 7) is 7.08. The van der Waals surface area contributed by atoms with E-state index in [9.17, 15) is 5.11 Å². The molecule has 1 aromatic heterocycles. The molecule has 1 heterocycles. The molecule has 0 fully saturated rings. The van der Waals surface area contributed by atoms with E-state index in [4.69, 9.17) is 0 Å². The summed E-state index contributed by atoms with van der Waals surface area (Å²) in [4.78, 5) is 0. The van der Waals surface area contributed by atoms with Crippen LogP contribution in [0.3, 0.4) is 0 Å². The van der Waals surface area contributed by atoms with E-state index in [0.29, 0.717) is 18.2 Å². The molecule has 0 radical (unpaired) electrons. The first-order chi connectivity index (χ1) is 9.11. The Morgan fingerprint density at radius 1 is 1.26 bits per heavy atom. The van der Waals surface area contributed by atoms with E-state index >= 15 is 0 Å². The molecule has 0 aliphatic rings. The molecule has 1 aromatic carbocycles. The Balaban J connectivity index is 2.30. The van der Waals surface area contributed by atoms with Gasteiger partial charge < -0.3 is 5.11 Å². The molecular weight excluding hydrogens is 238 g/mol. The molecule has 1 N–H and O–H groups in total. The first-order valence-corrected chi connectivity index (χ1v) is 6.68. The summed E-state index contributed by atoms with van der Waals surface area (Å²) in [5.74, 6) is 0.513. The zero-order chi connectivity index (χ0) is 13.8. The van der Waals surface area contributed by atoms with E-state index in [1.165, 1.54) is 11.1 Å². The van der Waals surface area contributed by atoms with Gasteiger partial charge in [-0.1, -0.05) is 43.3 Å². The standard InChI is InChI=1S/C15H21N3O/c1-11(2)8-15-14(10-19)16-17-18(15)9-13-7-5-4-6-12(13)3/h4-7,11,19H,8-10H2,1-3H3. The van der Waals surface area contributed by atoms with Crippen LogP contribution in [0.4, 0.5) is 0 Å². The van der Waals surface area contributed by atoms with Gasteiger partial charge in [-0.05, 0) is 30.4 Å². The Bertz CT molecular complexity index is 546. The number of nitrogens with zero attached hydrogens (tertiary/aromatic N) is 3. The molecule has 0 spiro atoms. The van der Waals surface area contributed by atoms with Crippen LogP contribution < -0.4 is 0 Å². The molecule has 0 saturated carbocycles. The molecule has 0 amide bonds. The van der Waals surface area contributed by atoms with Crippen molar-refractivity contribution in [3.8, 4) is 0 Å². The number of hydrogen-bond donors (Lipinski definition) is 1. The van der Waals surface area contributed by atoms with Crippen molar-refractivity contribution in [2.45, 2.75) is 40.3 Å². The van der Waals surface area contributed by atoms with E-state index in [1.54, 1.807) is 0 Å². The maximum Gasteiger partial charge on any atom is 0.111 e. The minimum atomic E-state index is -0.0458. The van der Waals surface area contributed by atoms with Gasteiger partial charge in [-0.25, -0.2) is 4.68 Å². The summed E-state index contributed by atoms with van der Waals surface area (Å²) in [5, 5.41) is 17.6. The van der Waals surface area contributed by atoms with Crippen molar-refractivity contribution in [3.63, 3.8) is 0 Å². The highest BCUT2D eigenvalue weighted by Gasteiger charge is 2.14. The van der Waals surface area contributed by atoms with Crippen molar-refractivity contribution in [2.24, 2.45) is 5.92 Å². The highest BCUT2D eigenvalue weighted by atomic mass is 16.3. The Labute approximate surface area is 114 Å². The lowest BCUT2D eigenvalue weighted by molar-refractivity contribution is 0.275. The van der Waals surface area contributed by atoms with Crippen molar-refractivity contribution in [3.05, 3.63) is 46.8 Å². The summed E-state index contributed by atoms with van der Waals surface area (Å²) in [7, 11) is 0. The van der Waals surface area contributed by atoms with Crippen LogP contribution in [-0.4, -0.2) is 20.1 Å². The zero-order valence-corrected chi connectivity index (χ0v) is 11.8. The third kappa shape index (κ3) is 3.20. The zero-order valence-electron chi connectivity index (χ0n) is 11.8. The summed E-state index contributed by atoms with van der Waals surface area (Å²) in [6.07, 6.45) is 0.884. The van der Waals surface area contributed by atoms with Crippen LogP contribution in [0.25, 0.3) is 0 Å². The largest absolute Gasteiger partial charge is 0.390 e. The van der Waals surface area contributed by atoms with Crippen molar-refractivity contribution in [1.29, 1.82) is 0 Å². The fourth-order valence-corrected chi connectivity index (χ4v) is 2.18. The van der Waals surface area contributed by atoms with Gasteiger partial charge in [0.05, 0.1) is 18.8 Å². The smallest absolute Gasteiger partial charge is 0.111 e. The van der Waals surface area contributed by atoms with E-state index in [1.807, 2.05) is 16.8 Å². The molecule has 4 nitrogen and oxygen atoms in total. The second-order valence-electron chi connectivity index (χ2n) is 5.32. The molecule has 0 aliphatic heterocycles. The van der Waals surface area contributed by atoms with Gasteiger partial charge in [-0.3, -0.25) is 0 Å². The van der Waals surface area contributed by atoms with Gasteiger partial charge in [0.15, 0.2) is 0 Å². The predicted octanol–water partition coefficient (Wildman–Crippen LogP) is 2.33. The second kappa shape index (κ2) is 5.97. The van der Waals surface area contributed by atoms with Gasteiger partial charge in [0.25, 0.3) is 0 Å². The number of aliphatic hydroxyl groups is 1. The predicted molar refractivity (Wildman–Crippen MR) is 74.8 cm³/mol. The lowest BCUT2D eigenvalue weighted by Crippen LogP contribution is -2.10. The van der Waals surface area contributed by atoms with Gasteiger partial charge in [-0.15, -0.1) is 5.10 Å². The SMILES string of the molecule is Cc1ccccc1Cn1nnc(CO)c1CC(C)C. The molecule has 0 bridgehead atoms. The van der Waals surface area contributed by atoms with E-state index in [0.717, 1.165) is 12.1 Å². The van der Waals surface area contributed by atoms with Crippen molar-refractivity contribution in [1.82, 2.24) is 15.0 Å². The van der Waals surface area contributed by atoms with Gasteiger partial charge >= 0.3 is 0 Å². The average Bonchev–Trinajstić information content (AvgIpc) is 2.74. The molecule has 0 saturated heterocycles. The van der Waals surface area contributed by atoms with Crippen molar-refractivity contribution >= 4 is 0 Å². The molecule has 2 rings (SSSR count). The highest BCUT2D eigenvalue weighted by Crippen LogP contribution is 2.15. The van der Waals surface area contributed by atoms with Crippen LogP contribution in [-0.2, 0) is 19.6 Å². The molecule has 0 aliphatic carbocycles. The number of aliphatic hydroxyl groups excluding tert-OH is 1. The first kappa shape index (κ1) is 13.7. The van der Waals surface area contributed by atoms with Gasteiger partial charge in [-0.2, -0.15) is 0 Å². The quantitative estimate of drug-likeness (QED) is 0.896. The molecule has 4 heteroatoms. The van der Waals surface area contributed by atoms with Crippen LogP contribution >= 0.6 is 0 Å². The number of rotatable bonds is 5. The number of hydrogen-bond acceptors (Lipinski definition) is 3. The Hall–Kier alpha value is -1.68. The lowest BCUT2D eigenvalue weighted by atomic mass is 10.1. The second-order valence-corrected chi connectivity index (χ2v) is 5.32. The van der Waals surface area contributed by atoms with Crippen LogP contribution in [0, 0.1) is 12.8 Å². The first-order valence-electron chi connectivity index (χ1n) is 6.68. The minimum absolute atomic E-state index is 0.0458. The van der Waals surface area contributed by atoms with Crippen LogP contribution in [0.15, 0.2) is 24.3 Å². The van der Waals surface area contributed by atoms with Crippen LogP contribution in [0.5, 0.6) is 0 Å². The average molecular weight is 259 g/mol. The maximum absolute atomic E-state index is 9.35. The fraction of sp³-hybridized carbons (Fsp3) is 0.467. The molecule has 0 atom stereocenters. The summed E-state index contributed by atoms with van der Waals surface area (Å²) < 4.78 is 1.91. The third-order valence-corrected chi connectivity index (χ3v) is 3.25.